The van der Waals surface area contributed by atoms with E-state index in [4.69, 9.17) is 9.76 Å². The van der Waals surface area contributed by atoms with E-state index in [1.165, 1.54) is 11.3 Å². The maximum Gasteiger partial charge on any atom is 0.492 e. The van der Waals surface area contributed by atoms with E-state index in [-0.39, 0.29) is 13.2 Å². The molecule has 0 aliphatic heterocycles. The molecule has 0 aliphatic carbocycles. The summed E-state index contributed by atoms with van der Waals surface area (Å²) in [6.45, 7) is 0.0954. The van der Waals surface area contributed by atoms with Crippen molar-refractivity contribution in [2.45, 2.75) is 0 Å². The second-order valence-electron chi connectivity index (χ2n) is 2.00. The number of hydrogen-bond acceptors (Lipinski definition) is 4. The lowest BCUT2D eigenvalue weighted by Gasteiger charge is -2.03. The van der Waals surface area contributed by atoms with Gasteiger partial charge in [-0.2, -0.15) is 11.3 Å². The van der Waals surface area contributed by atoms with E-state index in [0.29, 0.717) is 0 Å². The maximum absolute atomic E-state index is 9.21. The molecule has 0 amide bonds. The van der Waals surface area contributed by atoms with Gasteiger partial charge in [-0.15, -0.1) is 0 Å². The average molecular weight is 172 g/mol. The molecule has 0 atom stereocenters. The smallest absolute Gasteiger partial charge is 0.423 e. The summed E-state index contributed by atoms with van der Waals surface area (Å²) in [5.74, 6) is 0. The molecule has 0 saturated heterocycles. The van der Waals surface area contributed by atoms with E-state index in [9.17, 15) is 5.02 Å². The third-order valence-electron chi connectivity index (χ3n) is 1.20. The Morgan fingerprint density at radius 1 is 1.64 bits per heavy atom. The van der Waals surface area contributed by atoms with Crippen molar-refractivity contribution in [1.82, 2.24) is 0 Å². The fraction of sp³-hybridized carbons (Fsp3) is 0.333. The summed E-state index contributed by atoms with van der Waals surface area (Å²) in [4.78, 5) is 0. The van der Waals surface area contributed by atoms with Crippen molar-refractivity contribution >= 4 is 23.9 Å². The molecule has 0 aromatic carbocycles. The van der Waals surface area contributed by atoms with Gasteiger partial charge in [-0.25, -0.2) is 0 Å². The maximum atomic E-state index is 9.21. The van der Waals surface area contributed by atoms with Crippen LogP contribution in [-0.4, -0.2) is 30.5 Å². The number of aliphatic hydroxyl groups is 1. The molecule has 0 bridgehead atoms. The molecule has 0 spiro atoms. The molecule has 2 N–H and O–H groups in total. The molecule has 5 heteroatoms. The first-order valence-electron chi connectivity index (χ1n) is 3.27. The zero-order valence-electron chi connectivity index (χ0n) is 5.93. The van der Waals surface area contributed by atoms with Crippen LogP contribution in [0.3, 0.4) is 0 Å². The Hall–Kier alpha value is -0.355. The lowest BCUT2D eigenvalue weighted by atomic mass is 9.82. The van der Waals surface area contributed by atoms with Crippen molar-refractivity contribution in [2.24, 2.45) is 0 Å². The highest BCUT2D eigenvalue weighted by Crippen LogP contribution is 1.94. The van der Waals surface area contributed by atoms with Crippen molar-refractivity contribution in [1.29, 1.82) is 0 Å². The minimum atomic E-state index is -0.895. The molecule has 60 valence electrons. The van der Waals surface area contributed by atoms with Gasteiger partial charge in [-0.1, -0.05) is 6.07 Å². The number of hydrogen-bond donors (Lipinski definition) is 2. The molecule has 3 nitrogen and oxygen atoms in total. The van der Waals surface area contributed by atoms with Crippen molar-refractivity contribution in [3.8, 4) is 0 Å². The van der Waals surface area contributed by atoms with E-state index in [1.54, 1.807) is 6.07 Å². The van der Waals surface area contributed by atoms with Crippen LogP contribution in [0.1, 0.15) is 0 Å². The summed E-state index contributed by atoms with van der Waals surface area (Å²) in [6, 6.07) is 1.78. The van der Waals surface area contributed by atoms with Crippen LogP contribution in [0.2, 0.25) is 0 Å². The predicted octanol–water partition coefficient (Wildman–Crippen LogP) is -0.556. The van der Waals surface area contributed by atoms with Gasteiger partial charge in [0.05, 0.1) is 13.2 Å². The van der Waals surface area contributed by atoms with Crippen LogP contribution in [-0.2, 0) is 4.65 Å². The second kappa shape index (κ2) is 4.51. The summed E-state index contributed by atoms with van der Waals surface area (Å²) in [5, 5.41) is 21.3. The SMILES string of the molecule is OCCOB(O)c1ccsc1. The molecule has 1 aromatic heterocycles. The molecule has 0 saturated carbocycles. The molecule has 1 rings (SSSR count). The second-order valence-corrected chi connectivity index (χ2v) is 2.78. The quantitative estimate of drug-likeness (QED) is 0.598. The highest BCUT2D eigenvalue weighted by atomic mass is 32.1. The first-order chi connectivity index (χ1) is 5.34. The standard InChI is InChI=1S/C6H9BO3S/c8-2-3-10-7(9)6-1-4-11-5-6/h1,4-5,8-9H,2-3H2. The van der Waals surface area contributed by atoms with Gasteiger partial charge in [-0.3, -0.25) is 0 Å². The van der Waals surface area contributed by atoms with Crippen LogP contribution < -0.4 is 5.46 Å². The molecule has 0 radical (unpaired) electrons. The highest BCUT2D eigenvalue weighted by molar-refractivity contribution is 7.09. The van der Waals surface area contributed by atoms with E-state index < -0.39 is 7.12 Å². The highest BCUT2D eigenvalue weighted by Gasteiger charge is 2.15. The van der Waals surface area contributed by atoms with E-state index in [2.05, 4.69) is 0 Å². The monoisotopic (exact) mass is 172 g/mol. The van der Waals surface area contributed by atoms with Gasteiger partial charge in [0.15, 0.2) is 0 Å². The van der Waals surface area contributed by atoms with Crippen molar-refractivity contribution in [3.63, 3.8) is 0 Å². The lowest BCUT2D eigenvalue weighted by molar-refractivity contribution is 0.183. The Kier molecular flexibility index (Phi) is 3.58. The van der Waals surface area contributed by atoms with Crippen molar-refractivity contribution in [3.05, 3.63) is 16.8 Å². The predicted molar refractivity (Wildman–Crippen MR) is 45.0 cm³/mol. The molecule has 1 aromatic rings. The molecule has 0 unspecified atom stereocenters. The Bertz CT molecular complexity index is 190. The van der Waals surface area contributed by atoms with E-state index in [1.807, 2.05) is 10.8 Å². The van der Waals surface area contributed by atoms with Crippen LogP contribution in [0.15, 0.2) is 16.8 Å². The zero-order chi connectivity index (χ0) is 8.10. The molecule has 0 aliphatic rings. The van der Waals surface area contributed by atoms with Crippen molar-refractivity contribution < 1.29 is 14.8 Å². The van der Waals surface area contributed by atoms with Crippen molar-refractivity contribution in [2.75, 3.05) is 13.2 Å². The first kappa shape index (κ1) is 8.74. The van der Waals surface area contributed by atoms with Gasteiger partial charge >= 0.3 is 7.12 Å². The van der Waals surface area contributed by atoms with Crippen LogP contribution in [0.4, 0.5) is 0 Å². The molecular formula is C6H9BO3S. The fourth-order valence-electron chi connectivity index (χ4n) is 0.676. The van der Waals surface area contributed by atoms with Gasteiger partial charge < -0.3 is 14.8 Å². The third-order valence-corrected chi connectivity index (χ3v) is 1.90. The van der Waals surface area contributed by atoms with Gasteiger partial charge in [0.1, 0.15) is 0 Å². The minimum Gasteiger partial charge on any atom is -0.423 e. The molecular weight excluding hydrogens is 163 g/mol. The van der Waals surface area contributed by atoms with Gasteiger partial charge in [0.2, 0.25) is 0 Å². The number of rotatable bonds is 4. The molecule has 11 heavy (non-hydrogen) atoms. The first-order valence-corrected chi connectivity index (χ1v) is 4.21. The third kappa shape index (κ3) is 2.63. The summed E-state index contributed by atoms with van der Waals surface area (Å²) in [7, 11) is -0.895. The Morgan fingerprint density at radius 2 is 2.45 bits per heavy atom. The number of aliphatic hydroxyl groups excluding tert-OH is 1. The van der Waals surface area contributed by atoms with Gasteiger partial charge in [0, 0.05) is 0 Å². The van der Waals surface area contributed by atoms with Crippen LogP contribution in [0.25, 0.3) is 0 Å². The normalized spacial score (nSPS) is 10.0. The topological polar surface area (TPSA) is 49.7 Å². The Labute approximate surface area is 69.4 Å². The van der Waals surface area contributed by atoms with Crippen LogP contribution >= 0.6 is 11.3 Å². The fourth-order valence-corrected chi connectivity index (χ4v) is 1.34. The van der Waals surface area contributed by atoms with Gasteiger partial charge in [0.25, 0.3) is 0 Å². The molecule has 1 heterocycles. The lowest BCUT2D eigenvalue weighted by Crippen LogP contribution is -2.33. The summed E-state index contributed by atoms with van der Waals surface area (Å²) in [6.07, 6.45) is 0. The average Bonchev–Trinajstić information content (AvgIpc) is 2.52. The minimum absolute atomic E-state index is 0.0683. The molecule has 0 fully saturated rings. The Morgan fingerprint density at radius 3 is 3.00 bits per heavy atom. The Balaban J connectivity index is 2.36. The number of thiophene rings is 1. The van der Waals surface area contributed by atoms with E-state index in [0.717, 1.165) is 5.46 Å². The summed E-state index contributed by atoms with van der Waals surface area (Å²) in [5.41, 5.74) is 0.739. The van der Waals surface area contributed by atoms with E-state index >= 15 is 0 Å². The van der Waals surface area contributed by atoms with Crippen LogP contribution in [0.5, 0.6) is 0 Å². The largest absolute Gasteiger partial charge is 0.492 e. The van der Waals surface area contributed by atoms with Crippen LogP contribution in [0, 0.1) is 0 Å². The summed E-state index contributed by atoms with van der Waals surface area (Å²) < 4.78 is 4.85. The zero-order valence-corrected chi connectivity index (χ0v) is 6.75. The summed E-state index contributed by atoms with van der Waals surface area (Å²) >= 11 is 1.50. The van der Waals surface area contributed by atoms with Gasteiger partial charge in [-0.05, 0) is 16.2 Å².